The molecule has 0 radical (unpaired) electrons. The first kappa shape index (κ1) is 12.0. The molecule has 0 amide bonds. The minimum absolute atomic E-state index is 0.787. The fraction of sp³-hybridized carbons (Fsp3) is 0.231. The molecule has 0 fully saturated rings. The van der Waals surface area contributed by atoms with Gasteiger partial charge in [0.2, 0.25) is 0 Å². The van der Waals surface area contributed by atoms with Gasteiger partial charge in [-0.1, -0.05) is 0 Å². The van der Waals surface area contributed by atoms with Gasteiger partial charge in [-0.2, -0.15) is 0 Å². The van der Waals surface area contributed by atoms with Gasteiger partial charge in [0.25, 0.3) is 0 Å². The number of methoxy groups -OCH3 is 1. The van der Waals surface area contributed by atoms with E-state index in [0.29, 0.717) is 0 Å². The van der Waals surface area contributed by atoms with Crippen molar-refractivity contribution in [1.82, 2.24) is 9.97 Å². The quantitative estimate of drug-likeness (QED) is 0.794. The molecule has 0 N–H and O–H groups in total. The Kier molecular flexibility index (Phi) is 3.43. The minimum atomic E-state index is 0.787. The Morgan fingerprint density at radius 1 is 1.06 bits per heavy atom. The number of rotatable bonds is 2. The highest BCUT2D eigenvalue weighted by Crippen LogP contribution is 2.29. The molecule has 0 saturated carbocycles. The Hall–Kier alpha value is -1.42. The standard InChI is InChI=1S/C13H13BrN2O/c1-8-5-12(17-3)9(2)4-10(8)11-6-13(14)16-7-15-11/h4-7H,1-3H3. The van der Waals surface area contributed by atoms with Crippen LogP contribution in [-0.4, -0.2) is 17.1 Å². The van der Waals surface area contributed by atoms with E-state index in [1.165, 1.54) is 0 Å². The predicted octanol–water partition coefficient (Wildman–Crippen LogP) is 3.53. The van der Waals surface area contributed by atoms with Gasteiger partial charge in [0.1, 0.15) is 16.7 Å². The average Bonchev–Trinajstić information content (AvgIpc) is 2.31. The Labute approximate surface area is 109 Å². The van der Waals surface area contributed by atoms with Gasteiger partial charge in [-0.05, 0) is 59.1 Å². The normalized spacial score (nSPS) is 10.4. The lowest BCUT2D eigenvalue weighted by Gasteiger charge is -2.10. The maximum atomic E-state index is 5.30. The summed E-state index contributed by atoms with van der Waals surface area (Å²) in [6, 6.07) is 6.03. The van der Waals surface area contributed by atoms with Crippen LogP contribution in [-0.2, 0) is 0 Å². The van der Waals surface area contributed by atoms with Crippen molar-refractivity contribution >= 4 is 15.9 Å². The molecule has 88 valence electrons. The molecule has 0 atom stereocenters. The highest BCUT2D eigenvalue weighted by molar-refractivity contribution is 9.10. The van der Waals surface area contributed by atoms with E-state index in [0.717, 1.165) is 32.7 Å². The van der Waals surface area contributed by atoms with Crippen LogP contribution < -0.4 is 4.74 Å². The van der Waals surface area contributed by atoms with E-state index in [-0.39, 0.29) is 0 Å². The van der Waals surface area contributed by atoms with Gasteiger partial charge in [-0.15, -0.1) is 0 Å². The van der Waals surface area contributed by atoms with Crippen molar-refractivity contribution in [2.75, 3.05) is 7.11 Å². The predicted molar refractivity (Wildman–Crippen MR) is 71.2 cm³/mol. The van der Waals surface area contributed by atoms with Crippen LogP contribution in [0.25, 0.3) is 11.3 Å². The van der Waals surface area contributed by atoms with Crippen molar-refractivity contribution in [1.29, 1.82) is 0 Å². The summed E-state index contributed by atoms with van der Waals surface area (Å²) in [7, 11) is 1.68. The van der Waals surface area contributed by atoms with Crippen molar-refractivity contribution in [2.24, 2.45) is 0 Å². The summed E-state index contributed by atoms with van der Waals surface area (Å²) in [6.45, 7) is 4.07. The zero-order valence-electron chi connectivity index (χ0n) is 9.99. The number of hydrogen-bond donors (Lipinski definition) is 0. The van der Waals surface area contributed by atoms with E-state index in [1.807, 2.05) is 26.0 Å². The summed E-state index contributed by atoms with van der Waals surface area (Å²) >= 11 is 3.35. The minimum Gasteiger partial charge on any atom is -0.496 e. The van der Waals surface area contributed by atoms with Crippen molar-refractivity contribution in [3.8, 4) is 17.0 Å². The van der Waals surface area contributed by atoms with Gasteiger partial charge in [-0.3, -0.25) is 0 Å². The molecule has 1 aromatic carbocycles. The number of aryl methyl sites for hydroxylation is 2. The molecule has 0 aliphatic heterocycles. The van der Waals surface area contributed by atoms with E-state index in [4.69, 9.17) is 4.74 Å². The van der Waals surface area contributed by atoms with Gasteiger partial charge in [-0.25, -0.2) is 9.97 Å². The number of ether oxygens (including phenoxy) is 1. The maximum absolute atomic E-state index is 5.30. The van der Waals surface area contributed by atoms with Gasteiger partial charge in [0.05, 0.1) is 12.8 Å². The van der Waals surface area contributed by atoms with Crippen molar-refractivity contribution < 1.29 is 4.74 Å². The number of nitrogens with zero attached hydrogens (tertiary/aromatic N) is 2. The molecular weight excluding hydrogens is 280 g/mol. The van der Waals surface area contributed by atoms with E-state index < -0.39 is 0 Å². The maximum Gasteiger partial charge on any atom is 0.122 e. The summed E-state index contributed by atoms with van der Waals surface area (Å²) in [6.07, 6.45) is 1.55. The lowest BCUT2D eigenvalue weighted by Crippen LogP contribution is -1.93. The molecule has 2 aromatic rings. The second-order valence-electron chi connectivity index (χ2n) is 3.86. The first-order chi connectivity index (χ1) is 8.11. The zero-order valence-corrected chi connectivity index (χ0v) is 11.6. The van der Waals surface area contributed by atoms with Gasteiger partial charge < -0.3 is 4.74 Å². The van der Waals surface area contributed by atoms with E-state index in [1.54, 1.807) is 13.4 Å². The third kappa shape index (κ3) is 2.47. The number of hydrogen-bond acceptors (Lipinski definition) is 3. The number of benzene rings is 1. The molecule has 0 bridgehead atoms. The molecule has 0 unspecified atom stereocenters. The number of halogens is 1. The lowest BCUT2D eigenvalue weighted by atomic mass is 10.0. The molecule has 0 saturated heterocycles. The van der Waals surface area contributed by atoms with Crippen molar-refractivity contribution in [3.63, 3.8) is 0 Å². The Bertz CT molecular complexity index is 555. The first-order valence-electron chi connectivity index (χ1n) is 5.25. The fourth-order valence-electron chi connectivity index (χ4n) is 1.77. The van der Waals surface area contributed by atoms with Gasteiger partial charge >= 0.3 is 0 Å². The van der Waals surface area contributed by atoms with Crippen LogP contribution in [0.5, 0.6) is 5.75 Å². The molecule has 3 nitrogen and oxygen atoms in total. The van der Waals surface area contributed by atoms with Crippen molar-refractivity contribution in [3.05, 3.63) is 40.3 Å². The summed E-state index contributed by atoms with van der Waals surface area (Å²) in [5.74, 6) is 0.902. The smallest absolute Gasteiger partial charge is 0.122 e. The summed E-state index contributed by atoms with van der Waals surface area (Å²) in [5.41, 5.74) is 4.25. The van der Waals surface area contributed by atoms with Crippen LogP contribution in [0, 0.1) is 13.8 Å². The van der Waals surface area contributed by atoms with Crippen LogP contribution in [0.2, 0.25) is 0 Å². The molecule has 2 rings (SSSR count). The molecule has 1 aromatic heterocycles. The Morgan fingerprint density at radius 2 is 1.82 bits per heavy atom. The lowest BCUT2D eigenvalue weighted by molar-refractivity contribution is 0.411. The molecule has 4 heteroatoms. The zero-order chi connectivity index (χ0) is 12.4. The van der Waals surface area contributed by atoms with Crippen LogP contribution in [0.3, 0.4) is 0 Å². The molecule has 0 aliphatic carbocycles. The second-order valence-corrected chi connectivity index (χ2v) is 4.68. The largest absolute Gasteiger partial charge is 0.496 e. The SMILES string of the molecule is COc1cc(C)c(-c2cc(Br)ncn2)cc1C. The summed E-state index contributed by atoms with van der Waals surface area (Å²) in [4.78, 5) is 8.32. The fourth-order valence-corrected chi connectivity index (χ4v) is 2.07. The van der Waals surface area contributed by atoms with E-state index in [9.17, 15) is 0 Å². The number of aromatic nitrogens is 2. The van der Waals surface area contributed by atoms with Crippen LogP contribution in [0.15, 0.2) is 29.1 Å². The van der Waals surface area contributed by atoms with Crippen molar-refractivity contribution in [2.45, 2.75) is 13.8 Å². The highest BCUT2D eigenvalue weighted by atomic mass is 79.9. The Morgan fingerprint density at radius 3 is 2.47 bits per heavy atom. The summed E-state index contributed by atoms with van der Waals surface area (Å²) < 4.78 is 6.09. The topological polar surface area (TPSA) is 35.0 Å². The monoisotopic (exact) mass is 292 g/mol. The molecule has 0 aliphatic rings. The third-order valence-corrected chi connectivity index (χ3v) is 3.09. The van der Waals surface area contributed by atoms with Gasteiger partial charge in [0.15, 0.2) is 0 Å². The Balaban J connectivity index is 2.56. The van der Waals surface area contributed by atoms with Gasteiger partial charge in [0, 0.05) is 5.56 Å². The van der Waals surface area contributed by atoms with E-state index in [2.05, 4.69) is 32.0 Å². The first-order valence-corrected chi connectivity index (χ1v) is 6.04. The van der Waals surface area contributed by atoms with Crippen LogP contribution >= 0.6 is 15.9 Å². The molecule has 17 heavy (non-hydrogen) atoms. The van der Waals surface area contributed by atoms with Crippen LogP contribution in [0.1, 0.15) is 11.1 Å². The van der Waals surface area contributed by atoms with Crippen LogP contribution in [0.4, 0.5) is 0 Å². The molecule has 0 spiro atoms. The second kappa shape index (κ2) is 4.84. The van der Waals surface area contributed by atoms with E-state index >= 15 is 0 Å². The average molecular weight is 293 g/mol. The molecular formula is C13H13BrN2O. The summed E-state index contributed by atoms with van der Waals surface area (Å²) in [5, 5.41) is 0. The highest BCUT2D eigenvalue weighted by Gasteiger charge is 2.08. The molecule has 1 heterocycles. The third-order valence-electron chi connectivity index (χ3n) is 2.65.